The number of nitrogens with zero attached hydrogens (tertiary/aromatic N) is 4. The highest BCUT2D eigenvalue weighted by Gasteiger charge is 2.40. The maximum absolute atomic E-state index is 15.2. The molecule has 1 amide bonds. The summed E-state index contributed by atoms with van der Waals surface area (Å²) in [6.07, 6.45) is -0.439. The fourth-order valence-corrected chi connectivity index (χ4v) is 5.25. The van der Waals surface area contributed by atoms with Crippen LogP contribution in [0, 0.1) is 11.6 Å². The van der Waals surface area contributed by atoms with E-state index >= 15 is 4.39 Å². The molecular formula is C24H34BrClF2N4O3Si. The number of hydrogen-bond acceptors (Lipinski definition) is 6. The van der Waals surface area contributed by atoms with Gasteiger partial charge in [-0.15, -0.1) is 0 Å². The Labute approximate surface area is 225 Å². The molecule has 7 nitrogen and oxygen atoms in total. The molecule has 0 spiro atoms. The summed E-state index contributed by atoms with van der Waals surface area (Å²) in [4.78, 5) is 24.6. The molecule has 1 aliphatic rings. The number of hydrogen-bond donors (Lipinski definition) is 0. The monoisotopic (exact) mass is 606 g/mol. The van der Waals surface area contributed by atoms with Gasteiger partial charge in [-0.2, -0.15) is 4.98 Å². The number of aromatic nitrogens is 2. The topological polar surface area (TPSA) is 67.8 Å². The quantitative estimate of drug-likeness (QED) is 0.217. The second kappa shape index (κ2) is 10.3. The van der Waals surface area contributed by atoms with Gasteiger partial charge in [0, 0.05) is 19.6 Å². The van der Waals surface area contributed by atoms with E-state index in [-0.39, 0.29) is 44.7 Å². The van der Waals surface area contributed by atoms with Crippen LogP contribution in [0.3, 0.4) is 0 Å². The summed E-state index contributed by atoms with van der Waals surface area (Å²) < 4.78 is 42.1. The van der Waals surface area contributed by atoms with Crippen LogP contribution < -0.4 is 4.90 Å². The summed E-state index contributed by atoms with van der Waals surface area (Å²) >= 11 is 9.20. The average Bonchev–Trinajstić information content (AvgIpc) is 2.73. The molecular weight excluding hydrogens is 574 g/mol. The smallest absolute Gasteiger partial charge is 0.410 e. The fourth-order valence-electron chi connectivity index (χ4n) is 3.66. The Morgan fingerprint density at radius 2 is 1.83 bits per heavy atom. The molecule has 2 aromatic rings. The van der Waals surface area contributed by atoms with Crippen molar-refractivity contribution in [1.82, 2.24) is 14.9 Å². The van der Waals surface area contributed by atoms with Crippen LogP contribution in [-0.2, 0) is 9.16 Å². The highest BCUT2D eigenvalue weighted by Crippen LogP contribution is 2.38. The highest BCUT2D eigenvalue weighted by molar-refractivity contribution is 9.10. The van der Waals surface area contributed by atoms with Crippen molar-refractivity contribution in [2.45, 2.75) is 71.3 Å². The fraction of sp³-hybridized carbons (Fsp3) is 0.625. The molecule has 2 heterocycles. The summed E-state index contributed by atoms with van der Waals surface area (Å²) in [5.41, 5.74) is -0.860. The van der Waals surface area contributed by atoms with Gasteiger partial charge in [0.15, 0.2) is 14.1 Å². The number of carbonyl (C=O) groups excluding carboxylic acids is 1. The maximum atomic E-state index is 15.2. The molecule has 0 radical (unpaired) electrons. The van der Waals surface area contributed by atoms with Crippen LogP contribution in [0.25, 0.3) is 10.9 Å². The van der Waals surface area contributed by atoms with Crippen molar-refractivity contribution in [3.63, 3.8) is 0 Å². The van der Waals surface area contributed by atoms with Crippen LogP contribution in [0.4, 0.5) is 19.4 Å². The lowest BCUT2D eigenvalue weighted by Crippen LogP contribution is -2.58. The van der Waals surface area contributed by atoms with E-state index in [0.29, 0.717) is 13.1 Å². The molecule has 3 rings (SSSR count). The van der Waals surface area contributed by atoms with Crippen molar-refractivity contribution >= 4 is 58.7 Å². The number of fused-ring (bicyclic) bond motifs is 1. The predicted molar refractivity (Wildman–Crippen MR) is 144 cm³/mol. The molecule has 1 aromatic carbocycles. The number of halogens is 4. The van der Waals surface area contributed by atoms with E-state index in [9.17, 15) is 9.18 Å². The third-order valence-electron chi connectivity index (χ3n) is 6.62. The zero-order valence-corrected chi connectivity index (χ0v) is 25.4. The Hall–Kier alpha value is -1.56. The Kier molecular flexibility index (Phi) is 8.30. The average molecular weight is 608 g/mol. The summed E-state index contributed by atoms with van der Waals surface area (Å²) in [5.74, 6) is -1.23. The van der Waals surface area contributed by atoms with Crippen LogP contribution in [0.15, 0.2) is 10.5 Å². The minimum Gasteiger partial charge on any atom is -0.444 e. The van der Waals surface area contributed by atoms with Crippen molar-refractivity contribution in [3.05, 3.63) is 27.5 Å². The zero-order valence-electron chi connectivity index (χ0n) is 22.0. The van der Waals surface area contributed by atoms with Crippen LogP contribution in [0.2, 0.25) is 23.4 Å². The number of rotatable bonds is 4. The molecule has 0 aliphatic carbocycles. The van der Waals surface area contributed by atoms with E-state index in [0.717, 1.165) is 6.07 Å². The zero-order chi connectivity index (χ0) is 27.2. The van der Waals surface area contributed by atoms with Crippen LogP contribution in [0.1, 0.15) is 41.5 Å². The van der Waals surface area contributed by atoms with Gasteiger partial charge in [-0.05, 0) is 72.5 Å². The number of ether oxygens (including phenoxy) is 1. The van der Waals surface area contributed by atoms with Crippen molar-refractivity contribution in [1.29, 1.82) is 0 Å². The Morgan fingerprint density at radius 3 is 2.42 bits per heavy atom. The number of anilines is 1. The van der Waals surface area contributed by atoms with Crippen molar-refractivity contribution < 1.29 is 22.7 Å². The lowest BCUT2D eigenvalue weighted by molar-refractivity contribution is 0.0199. The Bertz CT molecular complexity index is 1160. The van der Waals surface area contributed by atoms with Gasteiger partial charge in [-0.3, -0.25) is 0 Å². The van der Waals surface area contributed by atoms with Crippen molar-refractivity contribution in [2.24, 2.45) is 0 Å². The molecule has 1 saturated heterocycles. The van der Waals surface area contributed by atoms with E-state index in [1.807, 2.05) is 25.7 Å². The van der Waals surface area contributed by atoms with E-state index in [1.165, 1.54) is 0 Å². The third kappa shape index (κ3) is 6.28. The summed E-state index contributed by atoms with van der Waals surface area (Å²) in [5, 5.41) is -0.306. The molecule has 1 fully saturated rings. The van der Waals surface area contributed by atoms with Gasteiger partial charge in [0.2, 0.25) is 5.28 Å². The highest BCUT2D eigenvalue weighted by atomic mass is 79.9. The second-order valence-corrected chi connectivity index (χ2v) is 17.5. The van der Waals surface area contributed by atoms with E-state index in [1.54, 1.807) is 4.90 Å². The molecule has 1 atom stereocenters. The lowest BCUT2D eigenvalue weighted by Gasteiger charge is -2.44. The number of benzene rings is 1. The number of carbonyl (C=O) groups is 1. The molecule has 0 N–H and O–H groups in total. The van der Waals surface area contributed by atoms with Gasteiger partial charge >= 0.3 is 6.09 Å². The number of amides is 1. The predicted octanol–water partition coefficient (Wildman–Crippen LogP) is 6.77. The molecule has 36 heavy (non-hydrogen) atoms. The molecule has 1 aromatic heterocycles. The van der Waals surface area contributed by atoms with Gasteiger partial charge in [-0.1, -0.05) is 20.8 Å². The standard InChI is InChI=1S/C24H34BrClF2N4O3Si/c1-23(2,3)35-22(33)31-9-10-32(14(12-31)13-34-36(7,8)24(4,5)6)20-17-16(27)11-15(25)18(28)19(17)29-21(26)30-20/h11,14H,9-10,12-13H2,1-8H3/t14-/m1/s1. The Morgan fingerprint density at radius 1 is 1.19 bits per heavy atom. The SMILES string of the molecule is CC(C)(C)OC(=O)N1CCN(c2nc(Cl)nc3c(F)c(Br)cc(F)c23)[C@@H](CO[Si](C)(C)C(C)(C)C)C1. The first-order valence-electron chi connectivity index (χ1n) is 11.8. The van der Waals surface area contributed by atoms with Crippen molar-refractivity contribution in [2.75, 3.05) is 31.1 Å². The summed E-state index contributed by atoms with van der Waals surface area (Å²) in [6, 6.07) is 0.650. The van der Waals surface area contributed by atoms with E-state index in [4.69, 9.17) is 20.8 Å². The largest absolute Gasteiger partial charge is 0.444 e. The van der Waals surface area contributed by atoms with Crippen molar-refractivity contribution in [3.8, 4) is 0 Å². The normalized spacial score (nSPS) is 17.6. The molecule has 200 valence electrons. The molecule has 0 saturated carbocycles. The first kappa shape index (κ1) is 29.0. The Balaban J connectivity index is 2.04. The molecule has 0 unspecified atom stereocenters. The van der Waals surface area contributed by atoms with Gasteiger partial charge in [0.05, 0.1) is 22.5 Å². The number of piperazine rings is 1. The summed E-state index contributed by atoms with van der Waals surface area (Å²) in [6.45, 7) is 17.2. The van der Waals surface area contributed by atoms with Gasteiger partial charge in [-0.25, -0.2) is 18.6 Å². The third-order valence-corrected chi connectivity index (χ3v) is 11.9. The van der Waals surface area contributed by atoms with E-state index < -0.39 is 37.7 Å². The van der Waals surface area contributed by atoms with Gasteiger partial charge < -0.3 is 19.0 Å². The second-order valence-electron chi connectivity index (χ2n) is 11.5. The minimum atomic E-state index is -2.16. The van der Waals surface area contributed by atoms with E-state index in [2.05, 4.69) is 59.8 Å². The van der Waals surface area contributed by atoms with Crippen LogP contribution in [0.5, 0.6) is 0 Å². The molecule has 0 bridgehead atoms. The minimum absolute atomic E-state index is 0.0379. The first-order chi connectivity index (χ1) is 16.4. The molecule has 12 heteroatoms. The van der Waals surface area contributed by atoms with Gasteiger partial charge in [0.1, 0.15) is 22.8 Å². The van der Waals surface area contributed by atoms with Crippen LogP contribution in [-0.4, -0.2) is 67.2 Å². The first-order valence-corrected chi connectivity index (χ1v) is 15.9. The van der Waals surface area contributed by atoms with Gasteiger partial charge in [0.25, 0.3) is 0 Å². The summed E-state index contributed by atoms with van der Waals surface area (Å²) in [7, 11) is -2.16. The molecule has 1 aliphatic heterocycles. The van der Waals surface area contributed by atoms with Crippen LogP contribution >= 0.6 is 27.5 Å². The maximum Gasteiger partial charge on any atom is 0.410 e. The lowest BCUT2D eigenvalue weighted by atomic mass is 10.1.